The summed E-state index contributed by atoms with van der Waals surface area (Å²) in [6.07, 6.45) is 6.03. The number of hydrogen-bond acceptors (Lipinski definition) is 2. The molecule has 1 fully saturated rings. The van der Waals surface area contributed by atoms with Crippen LogP contribution in [0, 0.1) is 0 Å². The Kier molecular flexibility index (Phi) is 6.39. The van der Waals surface area contributed by atoms with Gasteiger partial charge in [-0.2, -0.15) is 0 Å². The summed E-state index contributed by atoms with van der Waals surface area (Å²) in [6.45, 7) is 8.65. The van der Waals surface area contributed by atoms with E-state index in [0.29, 0.717) is 18.0 Å². The van der Waals surface area contributed by atoms with E-state index in [0.717, 1.165) is 5.75 Å². The van der Waals surface area contributed by atoms with E-state index in [2.05, 4.69) is 32.6 Å². The maximum absolute atomic E-state index is 12.4. The van der Waals surface area contributed by atoms with Crippen molar-refractivity contribution in [3.63, 3.8) is 0 Å². The number of carbonyl (C=O) groups excluding carboxylic acids is 1. The van der Waals surface area contributed by atoms with Gasteiger partial charge in [0.25, 0.3) is 0 Å². The Bertz CT molecular complexity index is 234. The topological polar surface area (TPSA) is 20.3 Å². The Balaban J connectivity index is 2.48. The molecule has 0 N–H and O–H groups in total. The van der Waals surface area contributed by atoms with Gasteiger partial charge in [0.2, 0.25) is 5.91 Å². The van der Waals surface area contributed by atoms with Gasteiger partial charge in [0.05, 0.1) is 5.25 Å². The summed E-state index contributed by atoms with van der Waals surface area (Å²) < 4.78 is 0. The van der Waals surface area contributed by atoms with Crippen LogP contribution in [0.1, 0.15) is 59.8 Å². The lowest BCUT2D eigenvalue weighted by molar-refractivity contribution is -0.136. The fourth-order valence-electron chi connectivity index (χ4n) is 2.54. The van der Waals surface area contributed by atoms with Crippen molar-refractivity contribution in [1.29, 1.82) is 0 Å². The van der Waals surface area contributed by atoms with Gasteiger partial charge in [0, 0.05) is 12.1 Å². The number of thioether (sulfide) groups is 1. The fourth-order valence-corrected chi connectivity index (χ4v) is 3.61. The molecular weight excluding hydrogens is 230 g/mol. The van der Waals surface area contributed by atoms with Crippen LogP contribution in [0.15, 0.2) is 0 Å². The van der Waals surface area contributed by atoms with Gasteiger partial charge in [0.1, 0.15) is 0 Å². The van der Waals surface area contributed by atoms with Crippen LogP contribution in [0.5, 0.6) is 0 Å². The summed E-state index contributed by atoms with van der Waals surface area (Å²) in [5.41, 5.74) is 0. The van der Waals surface area contributed by atoms with E-state index in [1.54, 1.807) is 0 Å². The second-order valence-electron chi connectivity index (χ2n) is 5.24. The zero-order chi connectivity index (χ0) is 12.8. The molecule has 0 saturated carbocycles. The van der Waals surface area contributed by atoms with Gasteiger partial charge < -0.3 is 4.90 Å². The van der Waals surface area contributed by atoms with Gasteiger partial charge in [-0.3, -0.25) is 4.79 Å². The lowest BCUT2D eigenvalue weighted by Crippen LogP contribution is -2.50. The first-order valence-corrected chi connectivity index (χ1v) is 8.06. The van der Waals surface area contributed by atoms with Gasteiger partial charge in [-0.25, -0.2) is 0 Å². The smallest absolute Gasteiger partial charge is 0.235 e. The average molecular weight is 257 g/mol. The SMILES string of the molecule is CCCCSC(C)C(=O)N1C(C)CCCC1C. The molecule has 1 aliphatic heterocycles. The molecule has 0 radical (unpaired) electrons. The zero-order valence-electron chi connectivity index (χ0n) is 11.7. The van der Waals surface area contributed by atoms with E-state index in [-0.39, 0.29) is 5.25 Å². The molecule has 3 unspecified atom stereocenters. The molecule has 2 nitrogen and oxygen atoms in total. The predicted octanol–water partition coefficient (Wildman–Crippen LogP) is 3.70. The number of rotatable bonds is 5. The highest BCUT2D eigenvalue weighted by atomic mass is 32.2. The number of carbonyl (C=O) groups is 1. The predicted molar refractivity (Wildman–Crippen MR) is 76.4 cm³/mol. The molecule has 0 aliphatic carbocycles. The molecule has 1 heterocycles. The minimum Gasteiger partial charge on any atom is -0.336 e. The zero-order valence-corrected chi connectivity index (χ0v) is 12.6. The van der Waals surface area contributed by atoms with Gasteiger partial charge in [-0.05, 0) is 52.2 Å². The highest BCUT2D eigenvalue weighted by molar-refractivity contribution is 8.00. The first-order chi connectivity index (χ1) is 8.07. The van der Waals surface area contributed by atoms with Crippen LogP contribution >= 0.6 is 11.8 Å². The Morgan fingerprint density at radius 1 is 1.35 bits per heavy atom. The number of piperidine rings is 1. The van der Waals surface area contributed by atoms with E-state index >= 15 is 0 Å². The van der Waals surface area contributed by atoms with Gasteiger partial charge in [-0.1, -0.05) is 13.3 Å². The number of amides is 1. The summed E-state index contributed by atoms with van der Waals surface area (Å²) in [5.74, 6) is 1.46. The molecule has 0 aromatic heterocycles. The highest BCUT2D eigenvalue weighted by Gasteiger charge is 2.31. The number of nitrogens with zero attached hydrogens (tertiary/aromatic N) is 1. The summed E-state index contributed by atoms with van der Waals surface area (Å²) in [4.78, 5) is 14.6. The van der Waals surface area contributed by atoms with Crippen LogP contribution in [0.2, 0.25) is 0 Å². The van der Waals surface area contributed by atoms with Crippen molar-refractivity contribution in [3.8, 4) is 0 Å². The van der Waals surface area contributed by atoms with Crippen molar-refractivity contribution in [2.75, 3.05) is 5.75 Å². The lowest BCUT2D eigenvalue weighted by atomic mass is 9.97. The molecule has 1 rings (SSSR count). The van der Waals surface area contributed by atoms with Crippen molar-refractivity contribution >= 4 is 17.7 Å². The molecule has 17 heavy (non-hydrogen) atoms. The third-order valence-electron chi connectivity index (χ3n) is 3.66. The van der Waals surface area contributed by atoms with Crippen molar-refractivity contribution < 1.29 is 4.79 Å². The molecular formula is C14H27NOS. The summed E-state index contributed by atoms with van der Waals surface area (Å²) in [7, 11) is 0. The Morgan fingerprint density at radius 3 is 2.47 bits per heavy atom. The molecule has 0 aromatic rings. The summed E-state index contributed by atoms with van der Waals surface area (Å²) >= 11 is 1.82. The van der Waals surface area contributed by atoms with Crippen molar-refractivity contribution in [2.45, 2.75) is 77.1 Å². The minimum absolute atomic E-state index is 0.129. The Morgan fingerprint density at radius 2 is 1.94 bits per heavy atom. The summed E-state index contributed by atoms with van der Waals surface area (Å²) in [5, 5.41) is 0.129. The molecule has 1 aliphatic rings. The van der Waals surface area contributed by atoms with Crippen molar-refractivity contribution in [2.24, 2.45) is 0 Å². The Labute approximate surface area is 111 Å². The molecule has 3 heteroatoms. The maximum Gasteiger partial charge on any atom is 0.235 e. The monoisotopic (exact) mass is 257 g/mol. The minimum atomic E-state index is 0.129. The second-order valence-corrected chi connectivity index (χ2v) is 6.69. The van der Waals surface area contributed by atoms with Crippen LogP contribution in [0.25, 0.3) is 0 Å². The highest BCUT2D eigenvalue weighted by Crippen LogP contribution is 2.26. The van der Waals surface area contributed by atoms with Gasteiger partial charge in [-0.15, -0.1) is 11.8 Å². The molecule has 1 saturated heterocycles. The van der Waals surface area contributed by atoms with E-state index in [9.17, 15) is 4.79 Å². The fraction of sp³-hybridized carbons (Fsp3) is 0.929. The molecule has 0 spiro atoms. The van der Waals surface area contributed by atoms with E-state index in [4.69, 9.17) is 0 Å². The Hall–Kier alpha value is -0.180. The standard InChI is InChI=1S/C14H27NOS/c1-5-6-10-17-13(4)14(16)15-11(2)8-7-9-12(15)3/h11-13H,5-10H2,1-4H3. The molecule has 1 amide bonds. The van der Waals surface area contributed by atoms with E-state index in [1.807, 2.05) is 11.8 Å². The number of unbranched alkanes of at least 4 members (excludes halogenated alkanes) is 1. The molecule has 0 aromatic carbocycles. The van der Waals surface area contributed by atoms with Crippen molar-refractivity contribution in [3.05, 3.63) is 0 Å². The quantitative estimate of drug-likeness (QED) is 0.700. The number of hydrogen-bond donors (Lipinski definition) is 0. The van der Waals surface area contributed by atoms with E-state index in [1.165, 1.54) is 32.1 Å². The van der Waals surface area contributed by atoms with E-state index < -0.39 is 0 Å². The average Bonchev–Trinajstić information content (AvgIpc) is 2.28. The third kappa shape index (κ3) is 4.20. The van der Waals surface area contributed by atoms with Crippen LogP contribution in [0.4, 0.5) is 0 Å². The summed E-state index contributed by atoms with van der Waals surface area (Å²) in [6, 6.07) is 0.862. The first-order valence-electron chi connectivity index (χ1n) is 7.01. The number of likely N-dealkylation sites (tertiary alicyclic amines) is 1. The molecule has 0 bridgehead atoms. The van der Waals surface area contributed by atoms with Gasteiger partial charge >= 0.3 is 0 Å². The van der Waals surface area contributed by atoms with Crippen LogP contribution in [-0.2, 0) is 4.79 Å². The van der Waals surface area contributed by atoms with Gasteiger partial charge in [0.15, 0.2) is 0 Å². The first kappa shape index (κ1) is 14.9. The maximum atomic E-state index is 12.4. The largest absolute Gasteiger partial charge is 0.336 e. The van der Waals surface area contributed by atoms with Crippen molar-refractivity contribution in [1.82, 2.24) is 4.90 Å². The third-order valence-corrected chi connectivity index (χ3v) is 4.89. The van der Waals surface area contributed by atoms with Crippen LogP contribution in [-0.4, -0.2) is 33.9 Å². The van der Waals surface area contributed by atoms with Crippen LogP contribution < -0.4 is 0 Å². The van der Waals surface area contributed by atoms with Crippen LogP contribution in [0.3, 0.4) is 0 Å². The molecule has 3 atom stereocenters. The second kappa shape index (κ2) is 7.30. The normalized spacial score (nSPS) is 26.9. The molecule has 100 valence electrons. The lowest BCUT2D eigenvalue weighted by Gasteiger charge is -2.40.